The summed E-state index contributed by atoms with van der Waals surface area (Å²) in [5.74, 6) is -1.52. The number of nitrogens with one attached hydrogen (secondary N) is 2. The number of aliphatic hydroxyl groups excluding tert-OH is 2. The monoisotopic (exact) mass is 841 g/mol. The molecule has 2 aromatic rings. The van der Waals surface area contributed by atoms with E-state index in [1.54, 1.807) is 0 Å². The Balaban J connectivity index is 1.52. The number of ether oxygens (including phenoxy) is 1. The number of phosphoric ester groups is 3. The van der Waals surface area contributed by atoms with Crippen LogP contribution >= 0.6 is 23.5 Å². The van der Waals surface area contributed by atoms with Gasteiger partial charge in [0, 0.05) is 36.9 Å². The van der Waals surface area contributed by atoms with Crippen LogP contribution in [0.15, 0.2) is 12.7 Å². The van der Waals surface area contributed by atoms with Crippen molar-refractivity contribution in [3.8, 4) is 0 Å². The molecular formula is C24H42N7O18P3S. The minimum absolute atomic E-state index is 0.0242. The third-order valence-electron chi connectivity index (χ3n) is 7.34. The number of fused-ring (bicyclic) bond motifs is 1. The van der Waals surface area contributed by atoms with Crippen LogP contribution in [0.4, 0.5) is 5.82 Å². The Morgan fingerprint density at radius 2 is 1.72 bits per heavy atom. The number of nitrogens with two attached hydrogens (primary N) is 1. The number of rotatable bonds is 21. The topological polar surface area (TPSA) is 381 Å². The summed E-state index contributed by atoms with van der Waals surface area (Å²) in [5.41, 5.74) is 4.23. The number of sulfone groups is 1. The van der Waals surface area contributed by atoms with Crippen LogP contribution in [0.3, 0.4) is 0 Å². The summed E-state index contributed by atoms with van der Waals surface area (Å²) < 4.78 is 84.1. The Bertz CT molecular complexity index is 1860. The van der Waals surface area contributed by atoms with Crippen molar-refractivity contribution >= 4 is 62.1 Å². The van der Waals surface area contributed by atoms with Crippen LogP contribution in [0.5, 0.6) is 0 Å². The van der Waals surface area contributed by atoms with Gasteiger partial charge in [0.25, 0.3) is 0 Å². The van der Waals surface area contributed by atoms with Gasteiger partial charge in [0.2, 0.25) is 11.8 Å². The molecule has 3 rings (SSSR count). The van der Waals surface area contributed by atoms with Crippen molar-refractivity contribution < 1.29 is 84.1 Å². The number of nitrogens with zero attached hydrogens (tertiary/aromatic N) is 4. The van der Waals surface area contributed by atoms with Crippen molar-refractivity contribution in [1.29, 1.82) is 0 Å². The van der Waals surface area contributed by atoms with E-state index in [-0.39, 0.29) is 42.2 Å². The molecule has 7 atom stereocenters. The minimum Gasteiger partial charge on any atom is -0.386 e. The average molecular weight is 842 g/mol. The molecule has 1 aliphatic heterocycles. The van der Waals surface area contributed by atoms with E-state index in [4.69, 9.17) is 19.5 Å². The highest BCUT2D eigenvalue weighted by Gasteiger charge is 2.50. The zero-order valence-electron chi connectivity index (χ0n) is 28.4. The number of anilines is 1. The second-order valence-electron chi connectivity index (χ2n) is 12.4. The number of hydrogen-bond donors (Lipinski definition) is 9. The molecule has 0 spiro atoms. The van der Waals surface area contributed by atoms with Crippen LogP contribution in [0.25, 0.3) is 11.2 Å². The number of hydrogen-bond acceptors (Lipinski definition) is 18. The van der Waals surface area contributed by atoms with E-state index in [0.717, 1.165) is 23.5 Å². The second-order valence-corrected chi connectivity index (χ2v) is 18.9. The van der Waals surface area contributed by atoms with Crippen LogP contribution < -0.4 is 16.4 Å². The predicted molar refractivity (Wildman–Crippen MR) is 179 cm³/mol. The summed E-state index contributed by atoms with van der Waals surface area (Å²) in [6.45, 7) is 0.443. The van der Waals surface area contributed by atoms with Crippen molar-refractivity contribution in [2.24, 2.45) is 5.41 Å². The third kappa shape index (κ3) is 13.9. The lowest BCUT2D eigenvalue weighted by atomic mass is 9.87. The molecule has 10 N–H and O–H groups in total. The van der Waals surface area contributed by atoms with Gasteiger partial charge in [-0.05, 0) is 12.8 Å². The van der Waals surface area contributed by atoms with Crippen molar-refractivity contribution in [2.75, 3.05) is 44.0 Å². The number of carbonyl (C=O) groups is 2. The summed E-state index contributed by atoms with van der Waals surface area (Å²) >= 11 is 0. The average Bonchev–Trinajstić information content (AvgIpc) is 3.58. The number of unbranched alkanes of at least 4 members (excludes halogenated alkanes) is 1. The van der Waals surface area contributed by atoms with Crippen molar-refractivity contribution in [3.05, 3.63) is 12.7 Å². The summed E-state index contributed by atoms with van der Waals surface area (Å²) in [6, 6.07) is 0. The first-order valence-corrected chi connectivity index (χ1v) is 22.0. The fourth-order valence-electron chi connectivity index (χ4n) is 4.66. The Hall–Kier alpha value is -2.51. The first-order chi connectivity index (χ1) is 24.3. The van der Waals surface area contributed by atoms with Gasteiger partial charge in [-0.1, -0.05) is 13.8 Å². The maximum Gasteiger partial charge on any atom is 0.481 e. The Labute approximate surface area is 301 Å². The highest BCUT2D eigenvalue weighted by atomic mass is 32.2. The van der Waals surface area contributed by atoms with Gasteiger partial charge >= 0.3 is 23.5 Å². The second kappa shape index (κ2) is 18.0. The summed E-state index contributed by atoms with van der Waals surface area (Å²) in [7, 11) is -19.5. The van der Waals surface area contributed by atoms with Gasteiger partial charge in [-0.15, -0.1) is 0 Å². The normalized spacial score (nSPS) is 22.6. The van der Waals surface area contributed by atoms with Crippen molar-refractivity contribution in [1.82, 2.24) is 30.2 Å². The molecule has 0 radical (unpaired) electrons. The first kappa shape index (κ1) is 44.9. The highest BCUT2D eigenvalue weighted by molar-refractivity contribution is 7.90. The maximum atomic E-state index is 12.6. The molecule has 0 aliphatic carbocycles. The van der Waals surface area contributed by atoms with Gasteiger partial charge in [0.15, 0.2) is 17.7 Å². The molecule has 302 valence electrons. The van der Waals surface area contributed by atoms with Gasteiger partial charge in [-0.3, -0.25) is 27.7 Å². The van der Waals surface area contributed by atoms with Crippen LogP contribution in [0.2, 0.25) is 0 Å². The molecule has 25 nitrogen and oxygen atoms in total. The zero-order valence-corrected chi connectivity index (χ0v) is 31.9. The van der Waals surface area contributed by atoms with E-state index in [1.807, 2.05) is 0 Å². The van der Waals surface area contributed by atoms with Crippen LogP contribution in [-0.2, 0) is 55.7 Å². The Kier molecular flexibility index (Phi) is 15.2. The van der Waals surface area contributed by atoms with Gasteiger partial charge < -0.3 is 50.9 Å². The van der Waals surface area contributed by atoms with Gasteiger partial charge in [-0.2, -0.15) is 4.31 Å². The van der Waals surface area contributed by atoms with E-state index in [9.17, 15) is 61.5 Å². The molecule has 0 saturated carbocycles. The molecule has 7 unspecified atom stereocenters. The van der Waals surface area contributed by atoms with E-state index < -0.39 is 94.4 Å². The molecule has 53 heavy (non-hydrogen) atoms. The quantitative estimate of drug-likeness (QED) is 0.0496. The lowest BCUT2D eigenvalue weighted by molar-refractivity contribution is -0.137. The van der Waals surface area contributed by atoms with E-state index in [1.165, 1.54) is 13.8 Å². The highest BCUT2D eigenvalue weighted by Crippen LogP contribution is 2.61. The Morgan fingerprint density at radius 1 is 1.06 bits per heavy atom. The van der Waals surface area contributed by atoms with Crippen molar-refractivity contribution in [2.45, 2.75) is 63.8 Å². The van der Waals surface area contributed by atoms with E-state index in [0.29, 0.717) is 12.8 Å². The smallest absolute Gasteiger partial charge is 0.386 e. The van der Waals surface area contributed by atoms with Crippen LogP contribution in [-0.4, -0.2) is 132 Å². The first-order valence-electron chi connectivity index (χ1n) is 15.4. The van der Waals surface area contributed by atoms with E-state index in [2.05, 4.69) is 34.4 Å². The fourth-order valence-corrected chi connectivity index (χ4v) is 8.21. The molecule has 2 amide bonds. The Morgan fingerprint density at radius 3 is 2.36 bits per heavy atom. The standard InChI is InChI=1S/C24H42N7O18P3S/c1-24(2,19(34)22(35)27-8-6-15(32)26-7-4-5-9-53(3,43)44)11-46-52(41,42)49-51(39,40)45-10-14-18(48-50(36,37)38)17(33)23(47-14)31-13-30-16-20(25)28-12-29-21(16)31/h12-14,17-19,23,33-34H,4-11H2,1-3H3,(H,26,32)(H,27,35)(H,39,40)(H,41,42)(H2,25,28,29)(H2,36,37,38). The van der Waals surface area contributed by atoms with Crippen molar-refractivity contribution in [3.63, 3.8) is 0 Å². The molecule has 2 aromatic heterocycles. The van der Waals surface area contributed by atoms with Gasteiger partial charge in [0.05, 0.1) is 19.5 Å². The maximum absolute atomic E-state index is 12.6. The number of nitrogen functional groups attached to an aromatic ring is 1. The van der Waals surface area contributed by atoms with Gasteiger partial charge in [0.1, 0.15) is 46.1 Å². The molecule has 1 fully saturated rings. The molecule has 1 aliphatic rings. The predicted octanol–water partition coefficient (Wildman–Crippen LogP) is -1.77. The third-order valence-corrected chi connectivity index (χ3v) is 11.5. The molecule has 0 aromatic carbocycles. The lowest BCUT2D eigenvalue weighted by Crippen LogP contribution is -2.46. The summed E-state index contributed by atoms with van der Waals surface area (Å²) in [4.78, 5) is 75.2. The molecule has 3 heterocycles. The fraction of sp³-hybridized carbons (Fsp3) is 0.708. The van der Waals surface area contributed by atoms with Crippen LogP contribution in [0.1, 0.15) is 39.3 Å². The number of aliphatic hydroxyl groups is 2. The molecule has 29 heteroatoms. The SMILES string of the molecule is CC(C)(COP(=O)(O)OP(=O)(O)OCC1OC(n2cnc3c(N)ncnc32)C(O)C1OP(=O)(O)O)C(O)C(=O)NCCC(=O)NCCCCS(C)(=O)=O. The number of carbonyl (C=O) groups excluding carboxylic acids is 2. The minimum atomic E-state index is -5.57. The largest absolute Gasteiger partial charge is 0.481 e. The summed E-state index contributed by atoms with van der Waals surface area (Å²) in [5, 5.41) is 26.2. The summed E-state index contributed by atoms with van der Waals surface area (Å²) in [6.07, 6.45) is -5.10. The zero-order chi connectivity index (χ0) is 40.0. The number of amides is 2. The molecule has 1 saturated heterocycles. The molecular weight excluding hydrogens is 799 g/mol. The lowest BCUT2D eigenvalue weighted by Gasteiger charge is -2.30. The van der Waals surface area contributed by atoms with Gasteiger partial charge in [-0.25, -0.2) is 37.1 Å². The number of imidazole rings is 1. The van der Waals surface area contributed by atoms with Crippen LogP contribution in [0, 0.1) is 5.41 Å². The number of aromatic nitrogens is 4. The molecule has 0 bridgehead atoms. The number of phosphoric acid groups is 3. The van der Waals surface area contributed by atoms with E-state index >= 15 is 0 Å².